The van der Waals surface area contributed by atoms with Gasteiger partial charge in [-0.3, -0.25) is 0 Å². The lowest BCUT2D eigenvalue weighted by Gasteiger charge is -2.22. The highest BCUT2D eigenvalue weighted by molar-refractivity contribution is 5.99. The van der Waals surface area contributed by atoms with E-state index in [0.717, 1.165) is 22.5 Å². The molecule has 3 aromatic rings. The number of anilines is 2. The Hall–Kier alpha value is -2.93. The number of pyridine rings is 1. The number of β-amino-alcohol motifs (C(OH)–C–C–N with tert-alkyl or cyclic N) is 1. The molecule has 1 aromatic carbocycles. The third kappa shape index (κ3) is 2.94. The molecule has 0 spiro atoms. The first-order chi connectivity index (χ1) is 12.8. The van der Waals surface area contributed by atoms with Gasteiger partial charge in [0.1, 0.15) is 29.2 Å². The number of hydrogen-bond donors (Lipinski definition) is 3. The first-order valence-corrected chi connectivity index (χ1v) is 8.95. The van der Waals surface area contributed by atoms with Crippen molar-refractivity contribution in [2.45, 2.75) is 32.8 Å². The third-order valence-electron chi connectivity index (χ3n) is 5.30. The molecule has 27 heavy (non-hydrogen) atoms. The van der Waals surface area contributed by atoms with Crippen LogP contribution in [0, 0.1) is 13.8 Å². The van der Waals surface area contributed by atoms with Crippen LogP contribution in [0.1, 0.15) is 24.5 Å². The van der Waals surface area contributed by atoms with Gasteiger partial charge in [-0.05, 0) is 44.9 Å². The quantitative estimate of drug-likeness (QED) is 0.640. The number of hydrogen-bond acceptors (Lipinski definition) is 7. The lowest BCUT2D eigenvalue weighted by Crippen LogP contribution is -2.30. The van der Waals surface area contributed by atoms with Gasteiger partial charge in [0, 0.05) is 29.6 Å². The molecule has 4 N–H and O–H groups in total. The van der Waals surface area contributed by atoms with Gasteiger partial charge in [-0.15, -0.1) is 0 Å². The van der Waals surface area contributed by atoms with Crippen molar-refractivity contribution in [3.05, 3.63) is 35.7 Å². The van der Waals surface area contributed by atoms with Crippen LogP contribution >= 0.6 is 0 Å². The van der Waals surface area contributed by atoms with Crippen LogP contribution in [0.3, 0.4) is 0 Å². The average Bonchev–Trinajstić information content (AvgIpc) is 2.99. The van der Waals surface area contributed by atoms with E-state index in [1.54, 1.807) is 6.07 Å². The molecule has 7 heteroatoms. The zero-order chi connectivity index (χ0) is 19.3. The molecular formula is C20H23N5O2. The maximum Gasteiger partial charge on any atom is 0.134 e. The lowest BCUT2D eigenvalue weighted by molar-refractivity contribution is 0.0839. The first-order valence-electron chi connectivity index (χ1n) is 8.95. The minimum atomic E-state index is -0.744. The predicted molar refractivity (Wildman–Crippen MR) is 106 cm³/mol. The molecule has 0 saturated carbocycles. The Balaban J connectivity index is 2.00. The van der Waals surface area contributed by atoms with E-state index in [2.05, 4.69) is 9.97 Å². The molecule has 0 radical (unpaired) electrons. The van der Waals surface area contributed by atoms with Gasteiger partial charge in [0.2, 0.25) is 0 Å². The van der Waals surface area contributed by atoms with Crippen LogP contribution in [0.25, 0.3) is 22.2 Å². The summed E-state index contributed by atoms with van der Waals surface area (Å²) < 4.78 is 0. The van der Waals surface area contributed by atoms with Crippen molar-refractivity contribution in [2.24, 2.45) is 0 Å². The van der Waals surface area contributed by atoms with Gasteiger partial charge in [-0.2, -0.15) is 0 Å². The van der Waals surface area contributed by atoms with Crippen LogP contribution < -0.4 is 10.6 Å². The van der Waals surface area contributed by atoms with Crippen molar-refractivity contribution in [1.82, 2.24) is 15.0 Å². The van der Waals surface area contributed by atoms with Gasteiger partial charge in [0.15, 0.2) is 0 Å². The van der Waals surface area contributed by atoms with E-state index in [1.165, 1.54) is 6.33 Å². The Bertz CT molecular complexity index is 1050. The van der Waals surface area contributed by atoms with Gasteiger partial charge < -0.3 is 20.8 Å². The van der Waals surface area contributed by atoms with Gasteiger partial charge in [-0.25, -0.2) is 15.0 Å². The van der Waals surface area contributed by atoms with E-state index in [-0.39, 0.29) is 5.75 Å². The highest BCUT2D eigenvalue weighted by atomic mass is 16.3. The molecule has 0 amide bonds. The zero-order valence-electron chi connectivity index (χ0n) is 15.7. The Morgan fingerprint density at radius 2 is 2.00 bits per heavy atom. The molecule has 1 atom stereocenters. The van der Waals surface area contributed by atoms with Crippen LogP contribution in [0.4, 0.5) is 11.6 Å². The molecule has 0 bridgehead atoms. The number of phenolic OH excluding ortho intramolecular Hbond substituents is 1. The van der Waals surface area contributed by atoms with Crippen LogP contribution in [-0.4, -0.2) is 43.9 Å². The Kier molecular flexibility index (Phi) is 3.92. The minimum absolute atomic E-state index is 0.210. The van der Waals surface area contributed by atoms with Crippen LogP contribution in [0.2, 0.25) is 0 Å². The summed E-state index contributed by atoms with van der Waals surface area (Å²) in [5.41, 5.74) is 9.27. The molecule has 7 nitrogen and oxygen atoms in total. The predicted octanol–water partition coefficient (Wildman–Crippen LogP) is 2.56. The molecule has 1 aliphatic rings. The third-order valence-corrected chi connectivity index (χ3v) is 5.30. The van der Waals surface area contributed by atoms with E-state index in [1.807, 2.05) is 37.8 Å². The molecule has 3 heterocycles. The number of aliphatic hydroxyl groups is 1. The minimum Gasteiger partial charge on any atom is -0.508 e. The smallest absolute Gasteiger partial charge is 0.134 e. The fourth-order valence-electron chi connectivity index (χ4n) is 3.75. The first kappa shape index (κ1) is 17.5. The number of nitrogens with zero attached hydrogens (tertiary/aromatic N) is 4. The molecule has 2 aromatic heterocycles. The number of benzene rings is 1. The summed E-state index contributed by atoms with van der Waals surface area (Å²) in [6.07, 6.45) is 2.10. The normalized spacial score (nSPS) is 19.8. The number of aromatic nitrogens is 3. The lowest BCUT2D eigenvalue weighted by atomic mass is 9.97. The van der Waals surface area contributed by atoms with Crippen LogP contribution in [0.15, 0.2) is 24.5 Å². The topological polar surface area (TPSA) is 108 Å². The van der Waals surface area contributed by atoms with E-state index < -0.39 is 5.60 Å². The van der Waals surface area contributed by atoms with E-state index in [0.29, 0.717) is 41.9 Å². The average molecular weight is 365 g/mol. The fourth-order valence-corrected chi connectivity index (χ4v) is 3.75. The molecular weight excluding hydrogens is 342 g/mol. The second kappa shape index (κ2) is 6.06. The van der Waals surface area contributed by atoms with Crippen molar-refractivity contribution in [3.63, 3.8) is 0 Å². The number of aromatic hydroxyl groups is 1. The number of phenols is 1. The Morgan fingerprint density at radius 3 is 2.70 bits per heavy atom. The maximum atomic E-state index is 10.4. The molecule has 1 aliphatic heterocycles. The van der Waals surface area contributed by atoms with E-state index >= 15 is 0 Å². The molecule has 140 valence electrons. The van der Waals surface area contributed by atoms with E-state index in [4.69, 9.17) is 10.7 Å². The number of fused-ring (bicyclic) bond motifs is 1. The zero-order valence-corrected chi connectivity index (χ0v) is 15.7. The molecule has 1 saturated heterocycles. The molecule has 0 aliphatic carbocycles. The van der Waals surface area contributed by atoms with E-state index in [9.17, 15) is 10.2 Å². The number of nitrogens with two attached hydrogens (primary N) is 1. The van der Waals surface area contributed by atoms with Gasteiger partial charge >= 0.3 is 0 Å². The second-order valence-corrected chi connectivity index (χ2v) is 7.55. The van der Waals surface area contributed by atoms with Crippen molar-refractivity contribution >= 4 is 22.5 Å². The number of aryl methyl sites for hydroxylation is 1. The number of rotatable bonds is 2. The summed E-state index contributed by atoms with van der Waals surface area (Å²) in [6, 6.07) is 5.42. The largest absolute Gasteiger partial charge is 0.508 e. The standard InChI is InChI=1S/C20H23N5O2/c1-11-4-5-14(26)12(2)16(11)18-17-13(19(21)23-10-22-17)8-15(24-18)25-7-6-20(3,27)9-25/h4-5,8,10,26-27H,6-7,9H2,1-3H3,(H2,21,22,23)/t20-/m0/s1. The second-order valence-electron chi connectivity index (χ2n) is 7.55. The van der Waals surface area contributed by atoms with Crippen LogP contribution in [0.5, 0.6) is 5.75 Å². The van der Waals surface area contributed by atoms with Gasteiger partial charge in [0.05, 0.1) is 11.3 Å². The monoisotopic (exact) mass is 365 g/mol. The Morgan fingerprint density at radius 1 is 1.22 bits per heavy atom. The van der Waals surface area contributed by atoms with Crippen molar-refractivity contribution in [3.8, 4) is 17.0 Å². The van der Waals surface area contributed by atoms with Crippen molar-refractivity contribution in [1.29, 1.82) is 0 Å². The molecule has 1 fully saturated rings. The summed E-state index contributed by atoms with van der Waals surface area (Å²) in [5, 5.41) is 21.3. The van der Waals surface area contributed by atoms with Crippen molar-refractivity contribution in [2.75, 3.05) is 23.7 Å². The Labute approximate surface area is 157 Å². The van der Waals surface area contributed by atoms with Gasteiger partial charge in [-0.1, -0.05) is 6.07 Å². The maximum absolute atomic E-state index is 10.4. The SMILES string of the molecule is Cc1ccc(O)c(C)c1-c1nc(N2CC[C@](C)(O)C2)cc2c(N)ncnc12. The summed E-state index contributed by atoms with van der Waals surface area (Å²) in [7, 11) is 0. The highest BCUT2D eigenvalue weighted by Crippen LogP contribution is 2.38. The van der Waals surface area contributed by atoms with Gasteiger partial charge in [0.25, 0.3) is 0 Å². The molecule has 4 rings (SSSR count). The summed E-state index contributed by atoms with van der Waals surface area (Å²) in [4.78, 5) is 15.5. The summed E-state index contributed by atoms with van der Waals surface area (Å²) in [5.74, 6) is 1.31. The summed E-state index contributed by atoms with van der Waals surface area (Å²) in [6.45, 7) is 6.87. The molecule has 0 unspecified atom stereocenters. The highest BCUT2D eigenvalue weighted by Gasteiger charge is 2.32. The fraction of sp³-hybridized carbons (Fsp3) is 0.350. The summed E-state index contributed by atoms with van der Waals surface area (Å²) >= 11 is 0. The van der Waals surface area contributed by atoms with Crippen molar-refractivity contribution < 1.29 is 10.2 Å². The number of nitrogen functional groups attached to an aromatic ring is 1. The van der Waals surface area contributed by atoms with Crippen LogP contribution in [-0.2, 0) is 0 Å².